The number of hydrogen-bond acceptors (Lipinski definition) is 5. The summed E-state index contributed by atoms with van der Waals surface area (Å²) in [6.07, 6.45) is 0.622. The quantitative estimate of drug-likeness (QED) is 0.309. The van der Waals surface area contributed by atoms with Crippen LogP contribution in [0, 0.1) is 0 Å². The van der Waals surface area contributed by atoms with Crippen molar-refractivity contribution >= 4 is 39.5 Å². The van der Waals surface area contributed by atoms with Crippen LogP contribution in [0.2, 0.25) is 5.02 Å². The first kappa shape index (κ1) is 21.9. The number of esters is 2. The minimum absolute atomic E-state index is 0.225. The summed E-state index contributed by atoms with van der Waals surface area (Å²) in [6, 6.07) is 21.0. The Morgan fingerprint density at radius 1 is 0.933 bits per heavy atom. The van der Waals surface area contributed by atoms with Gasteiger partial charge in [-0.15, -0.1) is 0 Å². The van der Waals surface area contributed by atoms with Crippen LogP contribution in [-0.2, 0) is 16.0 Å². The second-order valence-corrected chi connectivity index (χ2v) is 7.56. The van der Waals surface area contributed by atoms with Crippen LogP contribution in [0.15, 0.2) is 77.3 Å². The van der Waals surface area contributed by atoms with E-state index in [9.17, 15) is 9.59 Å². The Morgan fingerprint density at radius 3 is 2.50 bits per heavy atom. The molecule has 0 N–H and O–H groups in total. The van der Waals surface area contributed by atoms with E-state index in [1.54, 1.807) is 36.4 Å². The number of ether oxygens (including phenoxy) is 3. The minimum Gasteiger partial charge on any atom is -0.480 e. The van der Waals surface area contributed by atoms with Crippen LogP contribution < -0.4 is 9.47 Å². The van der Waals surface area contributed by atoms with E-state index in [1.165, 1.54) is 6.07 Å². The van der Waals surface area contributed by atoms with Gasteiger partial charge in [0.15, 0.2) is 6.61 Å². The zero-order chi connectivity index (χ0) is 21.3. The van der Waals surface area contributed by atoms with Gasteiger partial charge in [0.2, 0.25) is 0 Å². The van der Waals surface area contributed by atoms with E-state index in [-0.39, 0.29) is 19.0 Å². The molecule has 3 aromatic carbocycles. The summed E-state index contributed by atoms with van der Waals surface area (Å²) in [7, 11) is 0. The van der Waals surface area contributed by atoms with Crippen LogP contribution in [0.1, 0.15) is 15.9 Å². The monoisotopic (exact) mass is 488 g/mol. The molecule has 0 amide bonds. The van der Waals surface area contributed by atoms with Crippen LogP contribution >= 0.6 is 27.5 Å². The van der Waals surface area contributed by atoms with Crippen molar-refractivity contribution in [3.63, 3.8) is 0 Å². The molecule has 0 aliphatic rings. The minimum atomic E-state index is -0.622. The third-order valence-corrected chi connectivity index (χ3v) is 4.80. The van der Waals surface area contributed by atoms with E-state index in [0.29, 0.717) is 22.8 Å². The fraction of sp³-hybridized carbons (Fsp3) is 0.130. The molecule has 0 bridgehead atoms. The van der Waals surface area contributed by atoms with Crippen LogP contribution in [-0.4, -0.2) is 25.2 Å². The first-order valence-electron chi connectivity index (χ1n) is 9.11. The number of halogens is 2. The molecule has 0 spiro atoms. The Balaban J connectivity index is 1.50. The second-order valence-electron chi connectivity index (χ2n) is 6.24. The Morgan fingerprint density at radius 2 is 1.73 bits per heavy atom. The van der Waals surface area contributed by atoms with Gasteiger partial charge in [0.05, 0.1) is 17.2 Å². The molecule has 0 heterocycles. The van der Waals surface area contributed by atoms with Crippen molar-refractivity contribution in [2.45, 2.75) is 6.42 Å². The predicted octanol–water partition coefficient (Wildman–Crippen LogP) is 5.49. The average molecular weight is 490 g/mol. The van der Waals surface area contributed by atoms with Crippen LogP contribution in [0.3, 0.4) is 0 Å². The molecule has 0 saturated heterocycles. The van der Waals surface area contributed by atoms with Gasteiger partial charge in [0.1, 0.15) is 11.5 Å². The molecular weight excluding hydrogens is 472 g/mol. The lowest BCUT2D eigenvalue weighted by molar-refractivity contribution is -0.136. The molecule has 0 aliphatic carbocycles. The Hall–Kier alpha value is -2.83. The summed E-state index contributed by atoms with van der Waals surface area (Å²) in [5, 5.41) is 0.373. The molecule has 0 fully saturated rings. The highest BCUT2D eigenvalue weighted by atomic mass is 79.9. The molecule has 7 heteroatoms. The van der Waals surface area contributed by atoms with Gasteiger partial charge < -0.3 is 14.2 Å². The molecule has 0 radical (unpaired) electrons. The summed E-state index contributed by atoms with van der Waals surface area (Å²) < 4.78 is 16.7. The van der Waals surface area contributed by atoms with Gasteiger partial charge in [-0.05, 0) is 42.0 Å². The molecule has 0 saturated carbocycles. The highest BCUT2D eigenvalue weighted by molar-refractivity contribution is 9.10. The number of carbonyl (C=O) groups is 2. The summed E-state index contributed by atoms with van der Waals surface area (Å²) in [5.41, 5.74) is 1.38. The van der Waals surface area contributed by atoms with Gasteiger partial charge >= 0.3 is 11.9 Å². The zero-order valence-electron chi connectivity index (χ0n) is 15.8. The van der Waals surface area contributed by atoms with Crippen LogP contribution in [0.4, 0.5) is 0 Å². The fourth-order valence-corrected chi connectivity index (χ4v) is 3.29. The van der Waals surface area contributed by atoms with E-state index in [1.807, 2.05) is 30.3 Å². The maximum absolute atomic E-state index is 12.2. The van der Waals surface area contributed by atoms with Crippen molar-refractivity contribution in [2.24, 2.45) is 0 Å². The normalized spacial score (nSPS) is 10.3. The smallest absolute Gasteiger partial charge is 0.349 e. The number of rotatable bonds is 8. The van der Waals surface area contributed by atoms with Gasteiger partial charge in [-0.1, -0.05) is 63.9 Å². The van der Waals surface area contributed by atoms with Crippen molar-refractivity contribution < 1.29 is 23.8 Å². The maximum Gasteiger partial charge on any atom is 0.349 e. The average Bonchev–Trinajstić information content (AvgIpc) is 2.74. The molecule has 0 atom stereocenters. The Kier molecular flexibility index (Phi) is 7.88. The largest absolute Gasteiger partial charge is 0.480 e. The standard InChI is InChI=1S/C23H18BrClO5/c24-18-9-10-21(20(25)14-18)29-15-22(26)30-19-8-4-7-17(13-19)23(27)28-12-11-16-5-2-1-3-6-16/h1-10,13-14H,11-12,15H2. The molecule has 0 aromatic heterocycles. The zero-order valence-corrected chi connectivity index (χ0v) is 18.2. The van der Waals surface area contributed by atoms with E-state index < -0.39 is 11.9 Å². The Labute approximate surface area is 187 Å². The van der Waals surface area contributed by atoms with Gasteiger partial charge in [0.25, 0.3) is 0 Å². The number of hydrogen-bond donors (Lipinski definition) is 0. The van der Waals surface area contributed by atoms with Crippen molar-refractivity contribution in [2.75, 3.05) is 13.2 Å². The van der Waals surface area contributed by atoms with E-state index in [2.05, 4.69) is 15.9 Å². The lowest BCUT2D eigenvalue weighted by atomic mass is 10.2. The topological polar surface area (TPSA) is 61.8 Å². The number of benzene rings is 3. The predicted molar refractivity (Wildman–Crippen MR) is 117 cm³/mol. The van der Waals surface area contributed by atoms with Gasteiger partial charge in [-0.2, -0.15) is 0 Å². The summed E-state index contributed by atoms with van der Waals surface area (Å²) in [5.74, 6) is -0.513. The lowest BCUT2D eigenvalue weighted by Crippen LogP contribution is -2.18. The van der Waals surface area contributed by atoms with E-state index >= 15 is 0 Å². The molecule has 30 heavy (non-hydrogen) atoms. The van der Waals surface area contributed by atoms with Crippen molar-refractivity contribution in [1.29, 1.82) is 0 Å². The molecule has 5 nitrogen and oxygen atoms in total. The van der Waals surface area contributed by atoms with Crippen LogP contribution in [0.25, 0.3) is 0 Å². The fourth-order valence-electron chi connectivity index (χ4n) is 2.57. The van der Waals surface area contributed by atoms with E-state index in [0.717, 1.165) is 10.0 Å². The maximum atomic E-state index is 12.2. The first-order chi connectivity index (χ1) is 14.5. The molecule has 0 aliphatic heterocycles. The van der Waals surface area contributed by atoms with Crippen molar-refractivity contribution in [1.82, 2.24) is 0 Å². The highest BCUT2D eigenvalue weighted by Crippen LogP contribution is 2.27. The summed E-state index contributed by atoms with van der Waals surface area (Å²) in [6.45, 7) is -0.0677. The first-order valence-corrected chi connectivity index (χ1v) is 10.3. The highest BCUT2D eigenvalue weighted by Gasteiger charge is 2.12. The summed E-state index contributed by atoms with van der Waals surface area (Å²) in [4.78, 5) is 24.3. The molecular formula is C23H18BrClO5. The van der Waals surface area contributed by atoms with Crippen LogP contribution in [0.5, 0.6) is 11.5 Å². The van der Waals surface area contributed by atoms with Gasteiger partial charge in [-0.25, -0.2) is 9.59 Å². The van der Waals surface area contributed by atoms with E-state index in [4.69, 9.17) is 25.8 Å². The molecule has 3 aromatic rings. The third kappa shape index (κ3) is 6.61. The van der Waals surface area contributed by atoms with Crippen molar-refractivity contribution in [3.05, 3.63) is 93.4 Å². The number of carbonyl (C=O) groups excluding carboxylic acids is 2. The summed E-state index contributed by atoms with van der Waals surface area (Å²) >= 11 is 9.35. The Bertz CT molecular complexity index is 1020. The molecule has 0 unspecified atom stereocenters. The second kappa shape index (κ2) is 10.8. The van der Waals surface area contributed by atoms with Gasteiger partial charge in [0, 0.05) is 10.9 Å². The van der Waals surface area contributed by atoms with Gasteiger partial charge in [-0.3, -0.25) is 0 Å². The lowest BCUT2D eigenvalue weighted by Gasteiger charge is -2.09. The SMILES string of the molecule is O=C(COc1ccc(Br)cc1Cl)Oc1cccc(C(=O)OCCc2ccccc2)c1. The molecule has 154 valence electrons. The molecule has 3 rings (SSSR count). The third-order valence-electron chi connectivity index (χ3n) is 4.01. The van der Waals surface area contributed by atoms with Crippen molar-refractivity contribution in [3.8, 4) is 11.5 Å².